The third kappa shape index (κ3) is 2.88. The minimum Gasteiger partial charge on any atom is -0.506 e. The van der Waals surface area contributed by atoms with Gasteiger partial charge in [0.15, 0.2) is 5.82 Å². The fourth-order valence-corrected chi connectivity index (χ4v) is 1.60. The van der Waals surface area contributed by atoms with Crippen LogP contribution in [0.3, 0.4) is 0 Å². The molecule has 0 fully saturated rings. The Labute approximate surface area is 106 Å². The third-order valence-corrected chi connectivity index (χ3v) is 2.48. The predicted molar refractivity (Wildman–Crippen MR) is 71.8 cm³/mol. The Hall–Kier alpha value is -2.30. The van der Waals surface area contributed by atoms with Crippen molar-refractivity contribution in [3.05, 3.63) is 42.4 Å². The predicted octanol–water partition coefficient (Wildman–Crippen LogP) is 1.86. The van der Waals surface area contributed by atoms with Crippen molar-refractivity contribution in [1.82, 2.24) is 9.97 Å². The average molecular weight is 244 g/mol. The van der Waals surface area contributed by atoms with Crippen LogP contribution in [0.5, 0.6) is 5.75 Å². The highest BCUT2D eigenvalue weighted by atomic mass is 16.3. The lowest BCUT2D eigenvalue weighted by Gasteiger charge is -2.16. The zero-order valence-electron chi connectivity index (χ0n) is 10.5. The van der Waals surface area contributed by atoms with E-state index in [0.29, 0.717) is 6.54 Å². The summed E-state index contributed by atoms with van der Waals surface area (Å²) in [5.74, 6) is 1.06. The van der Waals surface area contributed by atoms with E-state index in [-0.39, 0.29) is 5.75 Å². The van der Waals surface area contributed by atoms with E-state index < -0.39 is 0 Å². The summed E-state index contributed by atoms with van der Waals surface area (Å²) < 4.78 is 0. The summed E-state index contributed by atoms with van der Waals surface area (Å²) in [6.45, 7) is 0.590. The molecule has 2 aromatic heterocycles. The number of hydrogen-bond acceptors (Lipinski definition) is 5. The second-order valence-electron chi connectivity index (χ2n) is 4.13. The third-order valence-electron chi connectivity index (χ3n) is 2.48. The molecule has 94 valence electrons. The Morgan fingerprint density at radius 2 is 2.06 bits per heavy atom. The first-order valence-corrected chi connectivity index (χ1v) is 5.67. The standard InChI is InChI=1S/C13H16N4O/c1-17(2)13-12(4-3-7-14-13)16-8-10-5-6-11(18)9-15-10/h3-7,9,16,18H,8H2,1-2H3. The zero-order chi connectivity index (χ0) is 13.0. The van der Waals surface area contributed by atoms with Gasteiger partial charge in [0.25, 0.3) is 0 Å². The maximum atomic E-state index is 9.16. The molecule has 0 radical (unpaired) electrons. The highest BCUT2D eigenvalue weighted by molar-refractivity contribution is 5.64. The summed E-state index contributed by atoms with van der Waals surface area (Å²) >= 11 is 0. The van der Waals surface area contributed by atoms with Crippen LogP contribution in [0.1, 0.15) is 5.69 Å². The van der Waals surface area contributed by atoms with Gasteiger partial charge < -0.3 is 15.3 Å². The van der Waals surface area contributed by atoms with E-state index in [9.17, 15) is 0 Å². The molecule has 0 saturated carbocycles. The molecule has 0 aliphatic carbocycles. The van der Waals surface area contributed by atoms with Crippen LogP contribution in [-0.2, 0) is 6.54 Å². The highest BCUT2D eigenvalue weighted by Crippen LogP contribution is 2.20. The van der Waals surface area contributed by atoms with Gasteiger partial charge in [-0.1, -0.05) is 0 Å². The molecule has 0 saturated heterocycles. The molecule has 0 aromatic carbocycles. The molecule has 2 N–H and O–H groups in total. The summed E-state index contributed by atoms with van der Waals surface area (Å²) in [6.07, 6.45) is 3.20. The smallest absolute Gasteiger partial charge is 0.151 e. The number of aromatic hydroxyl groups is 1. The van der Waals surface area contributed by atoms with Gasteiger partial charge in [0.05, 0.1) is 24.1 Å². The Balaban J connectivity index is 2.08. The number of aromatic nitrogens is 2. The van der Waals surface area contributed by atoms with E-state index in [1.165, 1.54) is 6.20 Å². The van der Waals surface area contributed by atoms with Crippen LogP contribution in [0, 0.1) is 0 Å². The van der Waals surface area contributed by atoms with Gasteiger partial charge >= 0.3 is 0 Å². The monoisotopic (exact) mass is 244 g/mol. The van der Waals surface area contributed by atoms with Crippen molar-refractivity contribution in [2.24, 2.45) is 0 Å². The van der Waals surface area contributed by atoms with Crippen molar-refractivity contribution in [3.8, 4) is 5.75 Å². The molecule has 0 amide bonds. The molecule has 18 heavy (non-hydrogen) atoms. The number of nitrogens with one attached hydrogen (secondary N) is 1. The Bertz CT molecular complexity index is 511. The highest BCUT2D eigenvalue weighted by Gasteiger charge is 2.04. The first kappa shape index (κ1) is 12.2. The summed E-state index contributed by atoms with van der Waals surface area (Å²) in [6, 6.07) is 7.27. The Kier molecular flexibility index (Phi) is 3.62. The molecule has 5 heteroatoms. The summed E-state index contributed by atoms with van der Waals surface area (Å²) in [5.41, 5.74) is 1.82. The Morgan fingerprint density at radius 1 is 1.22 bits per heavy atom. The van der Waals surface area contributed by atoms with Crippen LogP contribution >= 0.6 is 0 Å². The van der Waals surface area contributed by atoms with Crippen LogP contribution in [0.4, 0.5) is 11.5 Å². The van der Waals surface area contributed by atoms with E-state index in [4.69, 9.17) is 5.11 Å². The molecule has 0 aliphatic heterocycles. The maximum absolute atomic E-state index is 9.16. The van der Waals surface area contributed by atoms with E-state index >= 15 is 0 Å². The molecule has 2 heterocycles. The van der Waals surface area contributed by atoms with Crippen LogP contribution in [0.25, 0.3) is 0 Å². The van der Waals surface area contributed by atoms with E-state index in [0.717, 1.165) is 17.2 Å². The fourth-order valence-electron chi connectivity index (χ4n) is 1.60. The average Bonchev–Trinajstić information content (AvgIpc) is 2.38. The van der Waals surface area contributed by atoms with Gasteiger partial charge in [-0.05, 0) is 24.3 Å². The number of rotatable bonds is 4. The van der Waals surface area contributed by atoms with Crippen molar-refractivity contribution in [2.45, 2.75) is 6.54 Å². The molecule has 0 spiro atoms. The van der Waals surface area contributed by atoms with Gasteiger partial charge in [0, 0.05) is 20.3 Å². The second kappa shape index (κ2) is 5.35. The number of nitrogens with zero attached hydrogens (tertiary/aromatic N) is 3. The van der Waals surface area contributed by atoms with E-state index in [1.54, 1.807) is 18.3 Å². The molecule has 5 nitrogen and oxygen atoms in total. The fraction of sp³-hybridized carbons (Fsp3) is 0.231. The normalized spacial score (nSPS) is 10.1. The molecule has 0 aliphatic rings. The topological polar surface area (TPSA) is 61.3 Å². The summed E-state index contributed by atoms with van der Waals surface area (Å²) in [7, 11) is 3.90. The van der Waals surface area contributed by atoms with Crippen LogP contribution in [0.2, 0.25) is 0 Å². The second-order valence-corrected chi connectivity index (χ2v) is 4.13. The molecule has 2 rings (SSSR count). The van der Waals surface area contributed by atoms with Crippen molar-refractivity contribution in [2.75, 3.05) is 24.3 Å². The summed E-state index contributed by atoms with van der Waals surface area (Å²) in [5, 5.41) is 12.4. The van der Waals surface area contributed by atoms with Crippen molar-refractivity contribution >= 4 is 11.5 Å². The van der Waals surface area contributed by atoms with Gasteiger partial charge in [-0.2, -0.15) is 0 Å². The SMILES string of the molecule is CN(C)c1ncccc1NCc1ccc(O)cn1. The van der Waals surface area contributed by atoms with E-state index in [1.807, 2.05) is 31.1 Å². The van der Waals surface area contributed by atoms with Crippen molar-refractivity contribution in [1.29, 1.82) is 0 Å². The zero-order valence-corrected chi connectivity index (χ0v) is 10.5. The Morgan fingerprint density at radius 3 is 2.72 bits per heavy atom. The van der Waals surface area contributed by atoms with Gasteiger partial charge in [0.2, 0.25) is 0 Å². The van der Waals surface area contributed by atoms with Crippen LogP contribution in [0.15, 0.2) is 36.7 Å². The minimum absolute atomic E-state index is 0.175. The molecule has 0 bridgehead atoms. The van der Waals surface area contributed by atoms with Gasteiger partial charge in [-0.15, -0.1) is 0 Å². The number of pyridine rings is 2. The van der Waals surface area contributed by atoms with Crippen molar-refractivity contribution in [3.63, 3.8) is 0 Å². The van der Waals surface area contributed by atoms with Gasteiger partial charge in [-0.3, -0.25) is 4.98 Å². The molecular weight excluding hydrogens is 228 g/mol. The van der Waals surface area contributed by atoms with Gasteiger partial charge in [0.1, 0.15) is 5.75 Å². The molecule has 2 aromatic rings. The summed E-state index contributed by atoms with van der Waals surface area (Å²) in [4.78, 5) is 10.4. The lowest BCUT2D eigenvalue weighted by Crippen LogP contribution is -2.14. The van der Waals surface area contributed by atoms with Crippen LogP contribution < -0.4 is 10.2 Å². The van der Waals surface area contributed by atoms with Crippen molar-refractivity contribution < 1.29 is 5.11 Å². The number of hydrogen-bond donors (Lipinski definition) is 2. The first-order chi connectivity index (χ1) is 8.66. The molecular formula is C13H16N4O. The van der Waals surface area contributed by atoms with Gasteiger partial charge in [-0.25, -0.2) is 4.98 Å². The number of anilines is 2. The minimum atomic E-state index is 0.175. The quantitative estimate of drug-likeness (QED) is 0.859. The lowest BCUT2D eigenvalue weighted by atomic mass is 10.3. The van der Waals surface area contributed by atoms with E-state index in [2.05, 4.69) is 15.3 Å². The first-order valence-electron chi connectivity index (χ1n) is 5.67. The molecule has 0 atom stereocenters. The van der Waals surface area contributed by atoms with Crippen LogP contribution in [-0.4, -0.2) is 29.2 Å². The lowest BCUT2D eigenvalue weighted by molar-refractivity contribution is 0.472. The largest absolute Gasteiger partial charge is 0.506 e. The molecule has 0 unspecified atom stereocenters. The maximum Gasteiger partial charge on any atom is 0.151 e.